The maximum Gasteiger partial charge on any atom is 0.220 e. The number of fused-ring (bicyclic) bond motifs is 5. The lowest BCUT2D eigenvalue weighted by atomic mass is 9.94. The van der Waals surface area contributed by atoms with Crippen LogP contribution in [-0.2, 0) is 31.1 Å². The van der Waals surface area contributed by atoms with Gasteiger partial charge < -0.3 is 10.3 Å². The number of primary amides is 1. The number of benzene rings is 1. The van der Waals surface area contributed by atoms with Crippen LogP contribution in [0.2, 0.25) is 0 Å². The molecular formula is C19H20N2OS. The molecule has 1 atom stereocenters. The lowest BCUT2D eigenvalue weighted by Crippen LogP contribution is -2.21. The van der Waals surface area contributed by atoms with Crippen LogP contribution in [-0.4, -0.2) is 10.5 Å². The lowest BCUT2D eigenvalue weighted by molar-refractivity contribution is -0.121. The minimum atomic E-state index is -0.221. The minimum absolute atomic E-state index is 0.109. The van der Waals surface area contributed by atoms with Gasteiger partial charge in [-0.05, 0) is 37.0 Å². The number of carbonyl (C=O) groups is 1. The van der Waals surface area contributed by atoms with Crippen molar-refractivity contribution in [2.45, 2.75) is 26.2 Å². The summed E-state index contributed by atoms with van der Waals surface area (Å²) in [7, 11) is 2.15. The lowest BCUT2D eigenvalue weighted by Gasteiger charge is -2.14. The van der Waals surface area contributed by atoms with Crippen molar-refractivity contribution >= 4 is 28.1 Å². The number of thiophene rings is 1. The molecule has 1 aliphatic rings. The molecule has 0 bridgehead atoms. The largest absolute Gasteiger partial charge is 0.369 e. The topological polar surface area (TPSA) is 48.0 Å². The first-order chi connectivity index (χ1) is 11.1. The van der Waals surface area contributed by atoms with Crippen LogP contribution in [0.4, 0.5) is 0 Å². The molecule has 2 N–H and O–H groups in total. The van der Waals surface area contributed by atoms with E-state index >= 15 is 0 Å². The fraction of sp³-hybridized carbons (Fsp3) is 0.316. The predicted octanol–water partition coefficient (Wildman–Crippen LogP) is 3.67. The molecule has 0 fully saturated rings. The van der Waals surface area contributed by atoms with E-state index in [1.165, 1.54) is 37.5 Å². The van der Waals surface area contributed by atoms with E-state index < -0.39 is 0 Å². The van der Waals surface area contributed by atoms with E-state index in [1.807, 2.05) is 18.3 Å². The molecule has 2 heterocycles. The van der Waals surface area contributed by atoms with E-state index in [0.717, 1.165) is 19.3 Å². The molecule has 1 amide bonds. The first-order valence-electron chi connectivity index (χ1n) is 8.04. The number of nitrogens with two attached hydrogens (primary N) is 1. The molecule has 4 rings (SSSR count). The van der Waals surface area contributed by atoms with E-state index in [4.69, 9.17) is 5.73 Å². The van der Waals surface area contributed by atoms with Crippen LogP contribution < -0.4 is 5.73 Å². The molecule has 1 unspecified atom stereocenters. The van der Waals surface area contributed by atoms with Crippen LogP contribution in [0.15, 0.2) is 30.3 Å². The zero-order valence-electron chi connectivity index (χ0n) is 13.4. The van der Waals surface area contributed by atoms with Gasteiger partial charge in [0.25, 0.3) is 0 Å². The van der Waals surface area contributed by atoms with Gasteiger partial charge in [-0.2, -0.15) is 0 Å². The number of rotatable bonds is 3. The number of hydrogen-bond donors (Lipinski definition) is 1. The van der Waals surface area contributed by atoms with Crippen molar-refractivity contribution in [2.24, 2.45) is 18.7 Å². The molecule has 4 heteroatoms. The highest BCUT2D eigenvalue weighted by molar-refractivity contribution is 7.12. The van der Waals surface area contributed by atoms with Crippen LogP contribution in [0, 0.1) is 5.92 Å². The zero-order chi connectivity index (χ0) is 16.1. The fourth-order valence-electron chi connectivity index (χ4n) is 3.68. The fourth-order valence-corrected chi connectivity index (χ4v) is 4.98. The Bertz CT molecular complexity index is 919. The number of carbonyl (C=O) groups excluding carboxylic acids is 1. The Balaban J connectivity index is 1.84. The van der Waals surface area contributed by atoms with Gasteiger partial charge in [-0.15, -0.1) is 11.3 Å². The van der Waals surface area contributed by atoms with Crippen molar-refractivity contribution in [1.82, 2.24) is 4.57 Å². The Morgan fingerprint density at radius 3 is 2.91 bits per heavy atom. The maximum absolute atomic E-state index is 11.3. The van der Waals surface area contributed by atoms with Crippen molar-refractivity contribution in [3.05, 3.63) is 45.6 Å². The highest BCUT2D eigenvalue weighted by Crippen LogP contribution is 2.43. The molecule has 3 aromatic rings. The van der Waals surface area contributed by atoms with E-state index in [2.05, 4.69) is 41.9 Å². The first kappa shape index (κ1) is 14.5. The Labute approximate surface area is 139 Å². The Hall–Kier alpha value is -2.07. The SMILES string of the molecule is CC(Cc1cc2c(s1)CCc1c-2n(C)c2ccccc12)C(N)=O. The average Bonchev–Trinajstić information content (AvgIpc) is 3.06. The zero-order valence-corrected chi connectivity index (χ0v) is 14.2. The molecule has 1 aliphatic carbocycles. The molecule has 3 nitrogen and oxygen atoms in total. The quantitative estimate of drug-likeness (QED) is 0.785. The van der Waals surface area contributed by atoms with Gasteiger partial charge in [-0.3, -0.25) is 4.79 Å². The smallest absolute Gasteiger partial charge is 0.220 e. The highest BCUT2D eigenvalue weighted by atomic mass is 32.1. The number of nitrogens with zero attached hydrogens (tertiary/aromatic N) is 1. The standard InChI is InChI=1S/C19H20N2OS/c1-11(19(20)22)9-12-10-15-17(23-12)8-7-14-13-5-3-4-6-16(13)21(2)18(14)15/h3-6,10-11H,7-9H2,1-2H3,(H2,20,22). The highest BCUT2D eigenvalue weighted by Gasteiger charge is 2.25. The molecular weight excluding hydrogens is 304 g/mol. The van der Waals surface area contributed by atoms with Crippen molar-refractivity contribution in [3.8, 4) is 11.3 Å². The second-order valence-electron chi connectivity index (χ2n) is 6.46. The van der Waals surface area contributed by atoms with Gasteiger partial charge in [0.15, 0.2) is 0 Å². The van der Waals surface area contributed by atoms with Crippen molar-refractivity contribution < 1.29 is 4.79 Å². The van der Waals surface area contributed by atoms with Crippen molar-refractivity contribution in [3.63, 3.8) is 0 Å². The monoisotopic (exact) mass is 324 g/mol. The van der Waals surface area contributed by atoms with Gasteiger partial charge in [0.2, 0.25) is 5.91 Å². The second-order valence-corrected chi connectivity index (χ2v) is 7.68. The van der Waals surface area contributed by atoms with Gasteiger partial charge in [0.1, 0.15) is 0 Å². The summed E-state index contributed by atoms with van der Waals surface area (Å²) in [5.74, 6) is -0.330. The van der Waals surface area contributed by atoms with E-state index in [1.54, 1.807) is 0 Å². The number of aryl methyl sites for hydroxylation is 3. The summed E-state index contributed by atoms with van der Waals surface area (Å²) in [5.41, 5.74) is 10.9. The van der Waals surface area contributed by atoms with Crippen molar-refractivity contribution in [2.75, 3.05) is 0 Å². The molecule has 118 valence electrons. The Kier molecular flexibility index (Phi) is 3.31. The number of hydrogen-bond acceptors (Lipinski definition) is 2. The third-order valence-corrected chi connectivity index (χ3v) is 6.14. The van der Waals surface area contributed by atoms with E-state index in [-0.39, 0.29) is 11.8 Å². The van der Waals surface area contributed by atoms with Crippen LogP contribution in [0.1, 0.15) is 22.2 Å². The molecule has 2 aromatic heterocycles. The maximum atomic E-state index is 11.3. The third kappa shape index (κ3) is 2.20. The average molecular weight is 324 g/mol. The van der Waals surface area contributed by atoms with Crippen LogP contribution >= 0.6 is 11.3 Å². The summed E-state index contributed by atoms with van der Waals surface area (Å²) >= 11 is 1.84. The summed E-state index contributed by atoms with van der Waals surface area (Å²) in [4.78, 5) is 14.0. The van der Waals surface area contributed by atoms with Gasteiger partial charge >= 0.3 is 0 Å². The third-order valence-electron chi connectivity index (χ3n) is 4.92. The second kappa shape index (κ2) is 5.24. The molecule has 0 saturated heterocycles. The summed E-state index contributed by atoms with van der Waals surface area (Å²) in [5, 5.41) is 1.37. The minimum Gasteiger partial charge on any atom is -0.369 e. The molecule has 0 saturated carbocycles. The van der Waals surface area contributed by atoms with Gasteiger partial charge in [-0.1, -0.05) is 25.1 Å². The molecule has 0 spiro atoms. The molecule has 1 aromatic carbocycles. The molecule has 0 radical (unpaired) electrons. The van der Waals surface area contributed by atoms with Gasteiger partial charge in [0.05, 0.1) is 5.69 Å². The first-order valence-corrected chi connectivity index (χ1v) is 8.85. The number of para-hydroxylation sites is 1. The molecule has 0 aliphatic heterocycles. The Morgan fingerprint density at radius 2 is 2.13 bits per heavy atom. The van der Waals surface area contributed by atoms with Gasteiger partial charge in [-0.25, -0.2) is 0 Å². The summed E-state index contributed by atoms with van der Waals surface area (Å²) in [6.07, 6.45) is 2.92. The van der Waals surface area contributed by atoms with Crippen LogP contribution in [0.25, 0.3) is 22.2 Å². The van der Waals surface area contributed by atoms with Crippen LogP contribution in [0.5, 0.6) is 0 Å². The number of amides is 1. The number of aromatic nitrogens is 1. The predicted molar refractivity (Wildman–Crippen MR) is 95.7 cm³/mol. The van der Waals surface area contributed by atoms with Crippen LogP contribution in [0.3, 0.4) is 0 Å². The van der Waals surface area contributed by atoms with Crippen molar-refractivity contribution in [1.29, 1.82) is 0 Å². The van der Waals surface area contributed by atoms with E-state index in [9.17, 15) is 4.79 Å². The normalized spacial score (nSPS) is 14.5. The Morgan fingerprint density at radius 1 is 1.35 bits per heavy atom. The summed E-state index contributed by atoms with van der Waals surface area (Å²) in [6.45, 7) is 1.91. The molecule has 23 heavy (non-hydrogen) atoms. The van der Waals surface area contributed by atoms with Gasteiger partial charge in [0, 0.05) is 39.2 Å². The van der Waals surface area contributed by atoms with E-state index in [0.29, 0.717) is 0 Å². The summed E-state index contributed by atoms with van der Waals surface area (Å²) < 4.78 is 2.32. The summed E-state index contributed by atoms with van der Waals surface area (Å²) in [6, 6.07) is 10.9.